The molecule has 0 aliphatic carbocycles. The van der Waals surface area contributed by atoms with E-state index in [-0.39, 0.29) is 6.41 Å². The Morgan fingerprint density at radius 3 is 2.48 bits per heavy atom. The third kappa shape index (κ3) is 7.03. The van der Waals surface area contributed by atoms with Crippen LogP contribution in [-0.2, 0) is 4.79 Å². The van der Waals surface area contributed by atoms with Crippen LogP contribution >= 0.6 is 0 Å². The minimum atomic E-state index is -4.29. The molecule has 2 N–H and O–H groups in total. The lowest BCUT2D eigenvalue weighted by atomic mass is 10.2. The van der Waals surface area contributed by atoms with Gasteiger partial charge in [-0.3, -0.25) is 14.7 Å². The molecular weight excluding hydrogens is 361 g/mol. The van der Waals surface area contributed by atoms with Gasteiger partial charge in [0.2, 0.25) is 6.41 Å². The van der Waals surface area contributed by atoms with Crippen molar-refractivity contribution in [3.63, 3.8) is 0 Å². The van der Waals surface area contributed by atoms with E-state index in [1.165, 1.54) is 5.32 Å². The van der Waals surface area contributed by atoms with E-state index in [9.17, 15) is 18.0 Å². The zero-order valence-corrected chi connectivity index (χ0v) is 15.0. The molecule has 1 atom stereocenters. The normalized spacial score (nSPS) is 16.1. The highest BCUT2D eigenvalue weighted by Gasteiger charge is 2.25. The molecule has 1 aliphatic rings. The largest absolute Gasteiger partial charge is 0.459 e. The summed E-state index contributed by atoms with van der Waals surface area (Å²) >= 11 is 0. The Bertz CT molecular complexity index is 685. The number of pyridine rings is 1. The predicted octanol–water partition coefficient (Wildman–Crippen LogP) is 2.60. The molecular formula is C18H23F3N4O2. The number of hydrogen-bond donors (Lipinski definition) is 2. The number of alkyl halides is 3. The monoisotopic (exact) mass is 384 g/mol. The predicted molar refractivity (Wildman–Crippen MR) is 94.9 cm³/mol. The summed E-state index contributed by atoms with van der Waals surface area (Å²) in [6.45, 7) is 5.22. The Labute approximate surface area is 155 Å². The van der Waals surface area contributed by atoms with E-state index >= 15 is 0 Å². The molecule has 3 rings (SSSR count). The van der Waals surface area contributed by atoms with Gasteiger partial charge in [0.25, 0.3) is 0 Å². The summed E-state index contributed by atoms with van der Waals surface area (Å²) in [7, 11) is 0. The summed E-state index contributed by atoms with van der Waals surface area (Å²) in [5.41, 5.74) is 1.08. The van der Waals surface area contributed by atoms with Crippen LogP contribution in [0.25, 0.3) is 11.3 Å². The van der Waals surface area contributed by atoms with Crippen molar-refractivity contribution < 1.29 is 22.4 Å². The van der Waals surface area contributed by atoms with E-state index in [1.807, 2.05) is 18.2 Å². The van der Waals surface area contributed by atoms with Gasteiger partial charge in [-0.2, -0.15) is 13.2 Å². The number of halogens is 3. The standard InChI is InChI=1S/C15H19N3O.C3H4F3NO/c1-12(18-10-8-17-9-11-18)14-2-3-15(19-14)13-4-6-16-7-5-13;4-3(5,6)1-7-2-8/h2-7,12,17H,8-11H2,1H3;2H,1H2,(H,7,8). The van der Waals surface area contributed by atoms with Gasteiger partial charge in [-0.25, -0.2) is 0 Å². The van der Waals surface area contributed by atoms with Crippen LogP contribution < -0.4 is 10.6 Å². The van der Waals surface area contributed by atoms with Crippen LogP contribution in [0.15, 0.2) is 41.1 Å². The fourth-order valence-corrected chi connectivity index (χ4v) is 2.66. The van der Waals surface area contributed by atoms with Crippen molar-refractivity contribution in [2.45, 2.75) is 19.1 Å². The number of hydrogen-bond acceptors (Lipinski definition) is 5. The van der Waals surface area contributed by atoms with Crippen molar-refractivity contribution in [3.8, 4) is 11.3 Å². The first-order valence-corrected chi connectivity index (χ1v) is 8.59. The summed E-state index contributed by atoms with van der Waals surface area (Å²) in [6.07, 6.45) is -0.705. The fraction of sp³-hybridized carbons (Fsp3) is 0.444. The summed E-state index contributed by atoms with van der Waals surface area (Å²) < 4.78 is 39.1. The summed E-state index contributed by atoms with van der Waals surface area (Å²) in [6, 6.07) is 8.40. The molecule has 3 heterocycles. The topological polar surface area (TPSA) is 70.4 Å². The van der Waals surface area contributed by atoms with Crippen LogP contribution in [0.3, 0.4) is 0 Å². The van der Waals surface area contributed by atoms with Crippen molar-refractivity contribution in [1.82, 2.24) is 20.5 Å². The minimum Gasteiger partial charge on any atom is -0.459 e. The quantitative estimate of drug-likeness (QED) is 0.776. The van der Waals surface area contributed by atoms with E-state index in [4.69, 9.17) is 4.42 Å². The SMILES string of the molecule is CC(c1ccc(-c2ccncc2)o1)N1CCNCC1.O=CNCC(F)(F)F. The molecule has 27 heavy (non-hydrogen) atoms. The van der Waals surface area contributed by atoms with E-state index in [0.29, 0.717) is 6.04 Å². The summed E-state index contributed by atoms with van der Waals surface area (Å²) in [5, 5.41) is 4.86. The van der Waals surface area contributed by atoms with Crippen molar-refractivity contribution in [2.24, 2.45) is 0 Å². The third-order valence-corrected chi connectivity index (χ3v) is 4.09. The van der Waals surface area contributed by atoms with Crippen molar-refractivity contribution >= 4 is 6.41 Å². The van der Waals surface area contributed by atoms with E-state index < -0.39 is 12.7 Å². The smallest absolute Gasteiger partial charge is 0.405 e. The number of nitrogens with zero attached hydrogens (tertiary/aromatic N) is 2. The zero-order valence-electron chi connectivity index (χ0n) is 15.0. The lowest BCUT2D eigenvalue weighted by Gasteiger charge is -2.31. The molecule has 6 nitrogen and oxygen atoms in total. The van der Waals surface area contributed by atoms with Crippen LogP contribution in [-0.4, -0.2) is 55.2 Å². The van der Waals surface area contributed by atoms with Crippen molar-refractivity contribution in [2.75, 3.05) is 32.7 Å². The zero-order chi connectivity index (χ0) is 19.7. The Morgan fingerprint density at radius 1 is 1.26 bits per heavy atom. The lowest BCUT2D eigenvalue weighted by molar-refractivity contribution is -0.132. The molecule has 0 bridgehead atoms. The Balaban J connectivity index is 0.000000279. The number of rotatable bonds is 5. The van der Waals surface area contributed by atoms with Gasteiger partial charge in [-0.15, -0.1) is 0 Å². The van der Waals surface area contributed by atoms with Gasteiger partial charge in [0.1, 0.15) is 18.1 Å². The maximum atomic E-state index is 11.0. The Kier molecular flexibility index (Phi) is 7.81. The molecule has 148 valence electrons. The van der Waals surface area contributed by atoms with E-state index in [0.717, 1.165) is 43.3 Å². The van der Waals surface area contributed by atoms with Crippen LogP contribution in [0.1, 0.15) is 18.7 Å². The van der Waals surface area contributed by atoms with Crippen molar-refractivity contribution in [3.05, 3.63) is 42.4 Å². The number of carbonyl (C=O) groups excluding carboxylic acids is 1. The number of carbonyl (C=O) groups is 1. The number of aromatic nitrogens is 1. The molecule has 1 amide bonds. The first kappa shape index (κ1) is 20.9. The van der Waals surface area contributed by atoms with Crippen molar-refractivity contribution in [1.29, 1.82) is 0 Å². The average molecular weight is 384 g/mol. The van der Waals surface area contributed by atoms with Gasteiger partial charge >= 0.3 is 6.18 Å². The minimum absolute atomic E-state index is 0.00743. The highest BCUT2D eigenvalue weighted by atomic mass is 19.4. The maximum absolute atomic E-state index is 11.0. The Hall–Kier alpha value is -2.39. The van der Waals surface area contributed by atoms with Crippen LogP contribution in [0, 0.1) is 0 Å². The van der Waals surface area contributed by atoms with Gasteiger partial charge in [0, 0.05) is 44.1 Å². The lowest BCUT2D eigenvalue weighted by Crippen LogP contribution is -2.44. The molecule has 0 aromatic carbocycles. The molecule has 0 radical (unpaired) electrons. The highest BCUT2D eigenvalue weighted by molar-refractivity contribution is 5.56. The van der Waals surface area contributed by atoms with Gasteiger partial charge < -0.3 is 15.1 Å². The first-order chi connectivity index (χ1) is 12.9. The second-order valence-electron chi connectivity index (χ2n) is 6.01. The molecule has 1 aliphatic heterocycles. The average Bonchev–Trinajstić information content (AvgIpc) is 3.17. The molecule has 0 spiro atoms. The number of furan rings is 1. The summed E-state index contributed by atoms with van der Waals surface area (Å²) in [5.74, 6) is 1.95. The number of nitrogens with one attached hydrogen (secondary N) is 2. The molecule has 1 saturated heterocycles. The Morgan fingerprint density at radius 2 is 1.93 bits per heavy atom. The molecule has 9 heteroatoms. The van der Waals surface area contributed by atoms with E-state index in [1.54, 1.807) is 12.4 Å². The third-order valence-electron chi connectivity index (χ3n) is 4.09. The maximum Gasteiger partial charge on any atom is 0.405 e. The molecule has 2 aromatic rings. The van der Waals surface area contributed by atoms with Crippen LogP contribution in [0.4, 0.5) is 13.2 Å². The highest BCUT2D eigenvalue weighted by Crippen LogP contribution is 2.27. The molecule has 1 fully saturated rings. The molecule has 2 aromatic heterocycles. The van der Waals surface area contributed by atoms with Crippen LogP contribution in [0.5, 0.6) is 0 Å². The summed E-state index contributed by atoms with van der Waals surface area (Å²) in [4.78, 5) is 15.7. The van der Waals surface area contributed by atoms with Gasteiger partial charge in [0.05, 0.1) is 6.04 Å². The van der Waals surface area contributed by atoms with Gasteiger partial charge in [0.15, 0.2) is 0 Å². The number of amides is 1. The van der Waals surface area contributed by atoms with Gasteiger partial charge in [-0.1, -0.05) is 0 Å². The second-order valence-corrected chi connectivity index (χ2v) is 6.01. The molecule has 1 unspecified atom stereocenters. The molecule has 0 saturated carbocycles. The second kappa shape index (κ2) is 10.1. The van der Waals surface area contributed by atoms with Gasteiger partial charge in [-0.05, 0) is 31.2 Å². The van der Waals surface area contributed by atoms with E-state index in [2.05, 4.69) is 28.2 Å². The fourth-order valence-electron chi connectivity index (χ4n) is 2.66. The van der Waals surface area contributed by atoms with Crippen LogP contribution in [0.2, 0.25) is 0 Å². The number of piperazine rings is 1. The first-order valence-electron chi connectivity index (χ1n) is 8.59.